The van der Waals surface area contributed by atoms with Gasteiger partial charge in [-0.25, -0.2) is 9.78 Å². The SMILES string of the molecule is COc1ccc(OC)c(NC(=O)C(C)OC(=O)c2cc(-c3ccc(C)cc3)nc3onc(C)c23)c1. The number of carbonyl (C=O) groups is 2. The zero-order valence-corrected chi connectivity index (χ0v) is 20.0. The van der Waals surface area contributed by atoms with Crippen molar-refractivity contribution >= 4 is 28.7 Å². The molecule has 0 aliphatic heterocycles. The van der Waals surface area contributed by atoms with Gasteiger partial charge in [0.15, 0.2) is 6.10 Å². The Kier molecular flexibility index (Phi) is 6.68. The molecule has 1 amide bonds. The Morgan fingerprint density at radius 3 is 2.43 bits per heavy atom. The molecule has 0 radical (unpaired) electrons. The van der Waals surface area contributed by atoms with Gasteiger partial charge in [-0.2, -0.15) is 0 Å². The van der Waals surface area contributed by atoms with Crippen LogP contribution in [0, 0.1) is 13.8 Å². The molecule has 1 unspecified atom stereocenters. The third-order valence-corrected chi connectivity index (χ3v) is 5.50. The number of fused-ring (bicyclic) bond motifs is 1. The molecule has 1 N–H and O–H groups in total. The van der Waals surface area contributed by atoms with Crippen LogP contribution >= 0.6 is 0 Å². The van der Waals surface area contributed by atoms with Crippen molar-refractivity contribution in [3.8, 4) is 22.8 Å². The molecule has 9 nitrogen and oxygen atoms in total. The van der Waals surface area contributed by atoms with E-state index in [0.717, 1.165) is 11.1 Å². The number of aromatic nitrogens is 2. The summed E-state index contributed by atoms with van der Waals surface area (Å²) in [7, 11) is 3.01. The molecule has 0 fully saturated rings. The van der Waals surface area contributed by atoms with E-state index in [1.807, 2.05) is 31.2 Å². The van der Waals surface area contributed by atoms with Crippen molar-refractivity contribution in [1.82, 2.24) is 10.1 Å². The molecule has 4 rings (SSSR count). The van der Waals surface area contributed by atoms with Gasteiger partial charge >= 0.3 is 5.97 Å². The van der Waals surface area contributed by atoms with E-state index >= 15 is 0 Å². The van der Waals surface area contributed by atoms with Crippen LogP contribution in [0.25, 0.3) is 22.4 Å². The monoisotopic (exact) mass is 475 g/mol. The molecule has 2 aromatic carbocycles. The third kappa shape index (κ3) is 4.93. The molecule has 9 heteroatoms. The van der Waals surface area contributed by atoms with E-state index in [2.05, 4.69) is 15.5 Å². The number of rotatable bonds is 7. The first-order valence-corrected chi connectivity index (χ1v) is 10.9. The van der Waals surface area contributed by atoms with Gasteiger partial charge in [0, 0.05) is 11.6 Å². The van der Waals surface area contributed by atoms with Crippen LogP contribution in [0.5, 0.6) is 11.5 Å². The van der Waals surface area contributed by atoms with Gasteiger partial charge in [0.1, 0.15) is 11.5 Å². The Morgan fingerprint density at radius 2 is 1.74 bits per heavy atom. The van der Waals surface area contributed by atoms with Crippen molar-refractivity contribution in [2.75, 3.05) is 19.5 Å². The van der Waals surface area contributed by atoms with Gasteiger partial charge in [0.25, 0.3) is 11.6 Å². The minimum absolute atomic E-state index is 0.211. The normalized spacial score (nSPS) is 11.7. The average Bonchev–Trinajstić information content (AvgIpc) is 3.24. The van der Waals surface area contributed by atoms with E-state index in [-0.39, 0.29) is 11.3 Å². The van der Waals surface area contributed by atoms with E-state index in [4.69, 9.17) is 18.7 Å². The number of benzene rings is 2. The number of esters is 1. The van der Waals surface area contributed by atoms with Crippen molar-refractivity contribution in [3.05, 3.63) is 65.4 Å². The molecule has 180 valence electrons. The number of carbonyl (C=O) groups excluding carboxylic acids is 2. The highest BCUT2D eigenvalue weighted by molar-refractivity contribution is 6.05. The number of nitrogens with zero attached hydrogens (tertiary/aromatic N) is 2. The number of amides is 1. The lowest BCUT2D eigenvalue weighted by atomic mass is 10.0. The molecule has 0 bridgehead atoms. The summed E-state index contributed by atoms with van der Waals surface area (Å²) < 4.78 is 21.3. The number of anilines is 1. The van der Waals surface area contributed by atoms with Gasteiger partial charge in [0.05, 0.1) is 42.2 Å². The minimum atomic E-state index is -1.11. The number of hydrogen-bond donors (Lipinski definition) is 1. The van der Waals surface area contributed by atoms with Gasteiger partial charge in [-0.15, -0.1) is 0 Å². The van der Waals surface area contributed by atoms with Crippen LogP contribution in [0.2, 0.25) is 0 Å². The molecule has 0 saturated heterocycles. The zero-order valence-electron chi connectivity index (χ0n) is 20.0. The molecular weight excluding hydrogens is 450 g/mol. The van der Waals surface area contributed by atoms with Crippen molar-refractivity contribution in [1.29, 1.82) is 0 Å². The molecular formula is C26H25N3O6. The molecule has 0 spiro atoms. The topological polar surface area (TPSA) is 113 Å². The number of ether oxygens (including phenoxy) is 3. The summed E-state index contributed by atoms with van der Waals surface area (Å²) in [6, 6.07) is 14.3. The molecule has 0 saturated carbocycles. The van der Waals surface area contributed by atoms with Gasteiger partial charge in [-0.1, -0.05) is 35.0 Å². The molecule has 0 aliphatic rings. The van der Waals surface area contributed by atoms with Crippen LogP contribution in [-0.4, -0.2) is 42.3 Å². The summed E-state index contributed by atoms with van der Waals surface area (Å²) in [5.41, 5.74) is 3.73. The average molecular weight is 476 g/mol. The van der Waals surface area contributed by atoms with Crippen LogP contribution in [-0.2, 0) is 9.53 Å². The maximum atomic E-state index is 13.2. The lowest BCUT2D eigenvalue weighted by Crippen LogP contribution is -2.30. The number of pyridine rings is 1. The Labute approximate surface area is 202 Å². The van der Waals surface area contributed by atoms with E-state index in [0.29, 0.717) is 34.0 Å². The van der Waals surface area contributed by atoms with Gasteiger partial charge in [0.2, 0.25) is 0 Å². The van der Waals surface area contributed by atoms with Crippen LogP contribution in [0.4, 0.5) is 5.69 Å². The second kappa shape index (κ2) is 9.84. The van der Waals surface area contributed by atoms with E-state index in [9.17, 15) is 9.59 Å². The summed E-state index contributed by atoms with van der Waals surface area (Å²) >= 11 is 0. The fourth-order valence-electron chi connectivity index (χ4n) is 3.55. The first kappa shape index (κ1) is 23.7. The Balaban J connectivity index is 1.60. The highest BCUT2D eigenvalue weighted by Gasteiger charge is 2.25. The molecule has 2 heterocycles. The summed E-state index contributed by atoms with van der Waals surface area (Å²) in [5, 5.41) is 7.10. The Morgan fingerprint density at radius 1 is 1.00 bits per heavy atom. The van der Waals surface area contributed by atoms with Crippen LogP contribution in [0.15, 0.2) is 53.1 Å². The van der Waals surface area contributed by atoms with Gasteiger partial charge < -0.3 is 24.1 Å². The van der Waals surface area contributed by atoms with Crippen molar-refractivity contribution in [2.45, 2.75) is 26.9 Å². The Hall–Kier alpha value is -4.40. The standard InChI is InChI=1S/C26H25N3O6/c1-14-6-8-17(9-7-14)20-13-19(23-15(2)29-35-25(23)28-20)26(31)34-16(3)24(30)27-21-12-18(32-4)10-11-22(21)33-5/h6-13,16H,1-5H3,(H,27,30). The lowest BCUT2D eigenvalue weighted by molar-refractivity contribution is -0.123. The molecule has 0 aliphatic carbocycles. The second-order valence-corrected chi connectivity index (χ2v) is 7.97. The number of hydrogen-bond acceptors (Lipinski definition) is 8. The number of nitrogens with one attached hydrogen (secondary N) is 1. The predicted molar refractivity (Wildman–Crippen MR) is 130 cm³/mol. The smallest absolute Gasteiger partial charge is 0.339 e. The van der Waals surface area contributed by atoms with Gasteiger partial charge in [-0.3, -0.25) is 4.79 Å². The summed E-state index contributed by atoms with van der Waals surface area (Å²) in [5.74, 6) is -0.249. The highest BCUT2D eigenvalue weighted by atomic mass is 16.5. The number of aryl methyl sites for hydroxylation is 2. The quantitative estimate of drug-likeness (QED) is 0.383. The largest absolute Gasteiger partial charge is 0.497 e. The maximum Gasteiger partial charge on any atom is 0.339 e. The molecule has 2 aromatic heterocycles. The minimum Gasteiger partial charge on any atom is -0.497 e. The van der Waals surface area contributed by atoms with Crippen molar-refractivity contribution in [2.24, 2.45) is 0 Å². The molecule has 1 atom stereocenters. The predicted octanol–water partition coefficient (Wildman–Crippen LogP) is 4.71. The summed E-state index contributed by atoms with van der Waals surface area (Å²) in [6.07, 6.45) is -1.11. The maximum absolute atomic E-state index is 13.2. The first-order valence-electron chi connectivity index (χ1n) is 10.9. The first-order chi connectivity index (χ1) is 16.8. The fraction of sp³-hybridized carbons (Fsp3) is 0.231. The van der Waals surface area contributed by atoms with Crippen molar-refractivity contribution < 1.29 is 28.3 Å². The Bertz CT molecular complexity index is 1390. The summed E-state index contributed by atoms with van der Waals surface area (Å²) in [4.78, 5) is 30.5. The molecule has 35 heavy (non-hydrogen) atoms. The van der Waals surface area contributed by atoms with E-state index in [1.165, 1.54) is 21.1 Å². The zero-order chi connectivity index (χ0) is 25.1. The second-order valence-electron chi connectivity index (χ2n) is 7.97. The van der Waals surface area contributed by atoms with E-state index < -0.39 is 18.0 Å². The highest BCUT2D eigenvalue weighted by Crippen LogP contribution is 2.30. The lowest BCUT2D eigenvalue weighted by Gasteiger charge is -2.16. The van der Waals surface area contributed by atoms with Crippen molar-refractivity contribution in [3.63, 3.8) is 0 Å². The van der Waals surface area contributed by atoms with E-state index in [1.54, 1.807) is 31.2 Å². The molecule has 4 aromatic rings. The number of methoxy groups -OCH3 is 2. The van der Waals surface area contributed by atoms with Crippen LogP contribution in [0.3, 0.4) is 0 Å². The third-order valence-electron chi connectivity index (χ3n) is 5.50. The summed E-state index contributed by atoms with van der Waals surface area (Å²) in [6.45, 7) is 5.18. The van der Waals surface area contributed by atoms with Crippen LogP contribution in [0.1, 0.15) is 28.5 Å². The fourth-order valence-corrected chi connectivity index (χ4v) is 3.55. The van der Waals surface area contributed by atoms with Crippen LogP contribution < -0.4 is 14.8 Å². The van der Waals surface area contributed by atoms with Gasteiger partial charge in [-0.05, 0) is 39.0 Å².